The fraction of sp³-hybridized carbons (Fsp3) is 0.102. The number of oxazole rings is 1. The largest absolute Gasteiger partial charge is 0.456 e. The molecule has 0 N–H and O–H groups in total. The SMILES string of the molecule is CC1(C)c2ccccc2-c2ccc(N(c3cccc4c3-c3ccccc3C4(C)C)c3c4ccccc4cc4oc5ccc(-c6ccc7oc(-c8ccccc8)nc7c6)cc5c34)cc21. The summed E-state index contributed by atoms with van der Waals surface area (Å²) in [6, 6.07) is 65.8. The Morgan fingerprint density at radius 2 is 1.11 bits per heavy atom. The van der Waals surface area contributed by atoms with Crippen molar-refractivity contribution in [2.24, 2.45) is 0 Å². The van der Waals surface area contributed by atoms with Gasteiger partial charge in [0, 0.05) is 38.4 Å². The lowest BCUT2D eigenvalue weighted by Gasteiger charge is -2.31. The lowest BCUT2D eigenvalue weighted by Crippen LogP contribution is -2.18. The van der Waals surface area contributed by atoms with Gasteiger partial charge in [-0.2, -0.15) is 0 Å². The number of nitrogens with zero attached hydrogens (tertiary/aromatic N) is 2. The molecule has 2 aliphatic rings. The minimum Gasteiger partial charge on any atom is -0.456 e. The Bertz CT molecular complexity index is 3700. The van der Waals surface area contributed by atoms with Gasteiger partial charge < -0.3 is 13.7 Å². The summed E-state index contributed by atoms with van der Waals surface area (Å²) in [6.45, 7) is 9.46. The van der Waals surface area contributed by atoms with Gasteiger partial charge in [0.1, 0.15) is 16.7 Å². The van der Waals surface area contributed by atoms with Crippen LogP contribution in [0.1, 0.15) is 49.9 Å². The Kier molecular flexibility index (Phi) is 7.38. The molecular formula is C59H42N2O2. The van der Waals surface area contributed by atoms with Crippen molar-refractivity contribution in [1.82, 2.24) is 4.98 Å². The summed E-state index contributed by atoms with van der Waals surface area (Å²) in [6.07, 6.45) is 0. The molecule has 4 heteroatoms. The molecule has 0 fully saturated rings. The number of rotatable bonds is 5. The molecule has 63 heavy (non-hydrogen) atoms. The third-order valence-corrected chi connectivity index (χ3v) is 14.1. The number of furan rings is 1. The van der Waals surface area contributed by atoms with Crippen LogP contribution in [0, 0.1) is 0 Å². The Morgan fingerprint density at radius 3 is 1.95 bits per heavy atom. The van der Waals surface area contributed by atoms with E-state index in [2.05, 4.69) is 178 Å². The van der Waals surface area contributed by atoms with Gasteiger partial charge in [0.15, 0.2) is 5.58 Å². The van der Waals surface area contributed by atoms with Crippen molar-refractivity contribution in [3.63, 3.8) is 0 Å². The zero-order valence-corrected chi connectivity index (χ0v) is 35.5. The second-order valence-electron chi connectivity index (χ2n) is 18.3. The normalized spacial score (nSPS) is 14.3. The van der Waals surface area contributed by atoms with Crippen molar-refractivity contribution >= 4 is 60.9 Å². The van der Waals surface area contributed by atoms with E-state index in [1.165, 1.54) is 44.5 Å². The highest BCUT2D eigenvalue weighted by molar-refractivity contribution is 6.23. The molecule has 0 saturated carbocycles. The average molecular weight is 811 g/mol. The molecule has 0 unspecified atom stereocenters. The van der Waals surface area contributed by atoms with Gasteiger partial charge in [-0.05, 0) is 116 Å². The van der Waals surface area contributed by atoms with Crippen molar-refractivity contribution in [2.45, 2.75) is 38.5 Å². The molecule has 11 aromatic rings. The second-order valence-corrected chi connectivity index (χ2v) is 18.3. The van der Waals surface area contributed by atoms with Crippen molar-refractivity contribution in [3.8, 4) is 44.8 Å². The highest BCUT2D eigenvalue weighted by atomic mass is 16.3. The van der Waals surface area contributed by atoms with Crippen LogP contribution in [0.4, 0.5) is 17.1 Å². The van der Waals surface area contributed by atoms with Gasteiger partial charge in [0.2, 0.25) is 5.89 Å². The quantitative estimate of drug-likeness (QED) is 0.174. The summed E-state index contributed by atoms with van der Waals surface area (Å²) < 4.78 is 13.1. The molecule has 2 aliphatic carbocycles. The fourth-order valence-electron chi connectivity index (χ4n) is 10.9. The van der Waals surface area contributed by atoms with Crippen LogP contribution in [-0.4, -0.2) is 4.98 Å². The zero-order valence-electron chi connectivity index (χ0n) is 35.5. The van der Waals surface area contributed by atoms with E-state index >= 15 is 0 Å². The Hall–Kier alpha value is -7.69. The Labute approximate surface area is 365 Å². The van der Waals surface area contributed by atoms with E-state index in [9.17, 15) is 0 Å². The second kappa shape index (κ2) is 12.9. The van der Waals surface area contributed by atoms with Crippen LogP contribution in [0.15, 0.2) is 191 Å². The first-order chi connectivity index (χ1) is 30.7. The summed E-state index contributed by atoms with van der Waals surface area (Å²) in [5, 5.41) is 4.41. The van der Waals surface area contributed by atoms with Crippen LogP contribution >= 0.6 is 0 Å². The third kappa shape index (κ3) is 5.12. The van der Waals surface area contributed by atoms with Crippen molar-refractivity contribution in [2.75, 3.05) is 4.90 Å². The molecular weight excluding hydrogens is 769 g/mol. The van der Waals surface area contributed by atoms with E-state index in [1.54, 1.807) is 0 Å². The number of benzene rings is 9. The molecule has 0 radical (unpaired) electrons. The number of hydrogen-bond donors (Lipinski definition) is 0. The number of fused-ring (bicyclic) bond motifs is 11. The van der Waals surface area contributed by atoms with Gasteiger partial charge >= 0.3 is 0 Å². The Balaban J connectivity index is 1.09. The maximum atomic E-state index is 6.91. The van der Waals surface area contributed by atoms with Gasteiger partial charge in [-0.15, -0.1) is 0 Å². The molecule has 13 rings (SSSR count). The van der Waals surface area contributed by atoms with E-state index in [1.807, 2.05) is 36.4 Å². The molecule has 2 aromatic heterocycles. The van der Waals surface area contributed by atoms with Gasteiger partial charge in [-0.25, -0.2) is 4.98 Å². The molecule has 0 bridgehead atoms. The molecule has 0 spiro atoms. The lowest BCUT2D eigenvalue weighted by molar-refractivity contribution is 0.620. The molecule has 2 heterocycles. The van der Waals surface area contributed by atoms with Crippen LogP contribution in [0.25, 0.3) is 88.6 Å². The smallest absolute Gasteiger partial charge is 0.227 e. The van der Waals surface area contributed by atoms with Gasteiger partial charge in [0.25, 0.3) is 0 Å². The Morgan fingerprint density at radius 1 is 0.444 bits per heavy atom. The van der Waals surface area contributed by atoms with Crippen LogP contribution in [-0.2, 0) is 10.8 Å². The van der Waals surface area contributed by atoms with E-state index in [-0.39, 0.29) is 10.8 Å². The number of aromatic nitrogens is 1. The summed E-state index contributed by atoms with van der Waals surface area (Å²) in [7, 11) is 0. The van der Waals surface area contributed by atoms with E-state index in [0.29, 0.717) is 5.89 Å². The first kappa shape index (κ1) is 36.0. The van der Waals surface area contributed by atoms with E-state index < -0.39 is 0 Å². The molecule has 0 atom stereocenters. The fourth-order valence-corrected chi connectivity index (χ4v) is 10.9. The lowest BCUT2D eigenvalue weighted by atomic mass is 9.82. The minimum atomic E-state index is -0.182. The third-order valence-electron chi connectivity index (χ3n) is 14.1. The van der Waals surface area contributed by atoms with Crippen LogP contribution in [0.3, 0.4) is 0 Å². The van der Waals surface area contributed by atoms with Crippen LogP contribution < -0.4 is 4.90 Å². The van der Waals surface area contributed by atoms with Gasteiger partial charge in [-0.1, -0.05) is 149 Å². The van der Waals surface area contributed by atoms with Crippen LogP contribution in [0.5, 0.6) is 0 Å². The summed E-state index contributed by atoms with van der Waals surface area (Å²) >= 11 is 0. The molecule has 300 valence electrons. The highest BCUT2D eigenvalue weighted by Gasteiger charge is 2.40. The molecule has 0 aliphatic heterocycles. The van der Waals surface area contributed by atoms with Gasteiger partial charge in [-0.3, -0.25) is 0 Å². The van der Waals surface area contributed by atoms with E-state index in [4.69, 9.17) is 13.8 Å². The highest BCUT2D eigenvalue weighted by Crippen LogP contribution is 2.57. The number of hydrogen-bond acceptors (Lipinski definition) is 4. The summed E-state index contributed by atoms with van der Waals surface area (Å²) in [5.41, 5.74) is 19.9. The van der Waals surface area contributed by atoms with Crippen LogP contribution in [0.2, 0.25) is 0 Å². The molecule has 4 nitrogen and oxygen atoms in total. The number of anilines is 3. The standard InChI is InChI=1S/C59H42N2O2/c1-58(2)46-22-13-11-20-43(46)54-47(58)23-14-24-50(54)61(39-27-28-42-41-19-10-12-21-45(41)59(3,4)48(42)34-39)56-40-18-9-8-17-38(40)33-53-55(56)44-31-36(25-29-51(44)62-53)37-26-30-52-49(32-37)60-57(63-52)35-15-6-5-7-16-35/h5-34H,1-4H3. The zero-order chi connectivity index (χ0) is 42.2. The first-order valence-corrected chi connectivity index (χ1v) is 21.9. The van der Waals surface area contributed by atoms with E-state index in [0.717, 1.165) is 77.6 Å². The monoisotopic (exact) mass is 810 g/mol. The van der Waals surface area contributed by atoms with Crippen molar-refractivity contribution in [3.05, 3.63) is 204 Å². The minimum absolute atomic E-state index is 0.173. The predicted octanol–water partition coefficient (Wildman–Crippen LogP) is 16.3. The van der Waals surface area contributed by atoms with Crippen molar-refractivity contribution < 1.29 is 8.83 Å². The topological polar surface area (TPSA) is 42.4 Å². The molecule has 0 saturated heterocycles. The van der Waals surface area contributed by atoms with Crippen molar-refractivity contribution in [1.29, 1.82) is 0 Å². The van der Waals surface area contributed by atoms with Gasteiger partial charge in [0.05, 0.1) is 16.8 Å². The average Bonchev–Trinajstić information content (AvgIpc) is 4.04. The maximum absolute atomic E-state index is 6.91. The maximum Gasteiger partial charge on any atom is 0.227 e. The molecule has 9 aromatic carbocycles. The summed E-state index contributed by atoms with van der Waals surface area (Å²) in [4.78, 5) is 7.47. The predicted molar refractivity (Wildman–Crippen MR) is 259 cm³/mol. The molecule has 0 amide bonds. The summed E-state index contributed by atoms with van der Waals surface area (Å²) in [5.74, 6) is 0.618. The first-order valence-electron chi connectivity index (χ1n) is 21.9.